The molecule has 152 valence electrons. The van der Waals surface area contributed by atoms with Crippen molar-refractivity contribution in [1.82, 2.24) is 10.9 Å². The maximum absolute atomic E-state index is 12.3. The fourth-order valence-corrected chi connectivity index (χ4v) is 2.69. The van der Waals surface area contributed by atoms with E-state index >= 15 is 0 Å². The van der Waals surface area contributed by atoms with E-state index in [-0.39, 0.29) is 11.4 Å². The van der Waals surface area contributed by atoms with Crippen LogP contribution in [0, 0.1) is 10.1 Å². The maximum atomic E-state index is 12.3. The summed E-state index contributed by atoms with van der Waals surface area (Å²) < 4.78 is 5.37. The molecule has 0 aliphatic rings. The van der Waals surface area contributed by atoms with Crippen molar-refractivity contribution >= 4 is 17.5 Å². The van der Waals surface area contributed by atoms with Crippen molar-refractivity contribution in [2.75, 3.05) is 0 Å². The lowest BCUT2D eigenvalue weighted by Crippen LogP contribution is -2.47. The molecular weight excluding hydrogens is 386 g/mol. The van der Waals surface area contributed by atoms with E-state index in [1.54, 1.807) is 18.2 Å². The highest BCUT2D eigenvalue weighted by Crippen LogP contribution is 2.26. The molecule has 3 rings (SSSR count). The first kappa shape index (κ1) is 20.5. The summed E-state index contributed by atoms with van der Waals surface area (Å²) in [7, 11) is 0. The minimum Gasteiger partial charge on any atom is -0.474 e. The number of nitrogens with zero attached hydrogens (tertiary/aromatic N) is 1. The molecule has 3 aromatic carbocycles. The van der Waals surface area contributed by atoms with E-state index < -0.39 is 22.8 Å². The lowest BCUT2D eigenvalue weighted by molar-refractivity contribution is -0.386. The Balaban J connectivity index is 1.56. The number of hydrogen-bond donors (Lipinski definition) is 2. The monoisotopic (exact) mass is 405 g/mol. The van der Waals surface area contributed by atoms with Crippen LogP contribution in [0.1, 0.15) is 17.3 Å². The Labute approximate surface area is 172 Å². The number of carbonyl (C=O) groups is 2. The molecule has 0 heterocycles. The molecule has 0 radical (unpaired) electrons. The van der Waals surface area contributed by atoms with Gasteiger partial charge in [-0.05, 0) is 36.2 Å². The molecule has 0 aliphatic carbocycles. The molecule has 8 nitrogen and oxygen atoms in total. The number of carbonyl (C=O) groups excluding carboxylic acids is 2. The number of hydrogen-bond acceptors (Lipinski definition) is 5. The fourth-order valence-electron chi connectivity index (χ4n) is 2.69. The predicted molar refractivity (Wildman–Crippen MR) is 111 cm³/mol. The van der Waals surface area contributed by atoms with Crippen LogP contribution >= 0.6 is 0 Å². The van der Waals surface area contributed by atoms with Gasteiger partial charge in [-0.25, -0.2) is 0 Å². The van der Waals surface area contributed by atoms with E-state index in [1.165, 1.54) is 25.1 Å². The topological polar surface area (TPSA) is 111 Å². The number of ether oxygens (including phenoxy) is 1. The Bertz CT molecular complexity index is 1050. The number of amides is 2. The summed E-state index contributed by atoms with van der Waals surface area (Å²) in [4.78, 5) is 34.9. The second-order valence-corrected chi connectivity index (χ2v) is 6.37. The molecular formula is C22H19N3O5. The Morgan fingerprint density at radius 2 is 1.47 bits per heavy atom. The van der Waals surface area contributed by atoms with Gasteiger partial charge in [0.1, 0.15) is 0 Å². The average Bonchev–Trinajstić information content (AvgIpc) is 2.78. The Morgan fingerprint density at radius 1 is 0.867 bits per heavy atom. The van der Waals surface area contributed by atoms with Crippen LogP contribution in [0.3, 0.4) is 0 Å². The maximum Gasteiger partial charge on any atom is 0.310 e. The smallest absolute Gasteiger partial charge is 0.310 e. The quantitative estimate of drug-likeness (QED) is 0.482. The van der Waals surface area contributed by atoms with Crippen LogP contribution < -0.4 is 15.6 Å². The standard InChI is InChI=1S/C22H19N3O5/c1-15(30-20-10-6-5-9-19(20)25(28)29)21(26)23-24-22(27)18-13-11-17(12-14-18)16-7-3-2-4-8-16/h2-15H,1H3,(H,23,26)(H,24,27). The molecule has 0 spiro atoms. The van der Waals surface area contributed by atoms with Crippen LogP contribution in [0.25, 0.3) is 11.1 Å². The molecule has 8 heteroatoms. The number of nitro benzene ring substituents is 1. The van der Waals surface area contributed by atoms with Gasteiger partial charge < -0.3 is 4.74 Å². The molecule has 0 aromatic heterocycles. The molecule has 1 atom stereocenters. The number of hydrazine groups is 1. The van der Waals surface area contributed by atoms with Gasteiger partial charge in [0.2, 0.25) is 0 Å². The fraction of sp³-hybridized carbons (Fsp3) is 0.0909. The third kappa shape index (κ3) is 4.99. The predicted octanol–water partition coefficient (Wildman–Crippen LogP) is 3.49. The van der Waals surface area contributed by atoms with Crippen molar-refractivity contribution in [2.45, 2.75) is 13.0 Å². The van der Waals surface area contributed by atoms with E-state index in [0.29, 0.717) is 5.56 Å². The van der Waals surface area contributed by atoms with Crippen LogP contribution in [0.5, 0.6) is 5.75 Å². The van der Waals surface area contributed by atoms with Crippen molar-refractivity contribution in [1.29, 1.82) is 0 Å². The molecule has 2 amide bonds. The van der Waals surface area contributed by atoms with Crippen molar-refractivity contribution in [3.05, 3.63) is 94.5 Å². The van der Waals surface area contributed by atoms with E-state index in [1.807, 2.05) is 42.5 Å². The summed E-state index contributed by atoms with van der Waals surface area (Å²) in [6.45, 7) is 1.42. The molecule has 0 aliphatic heterocycles. The first-order chi connectivity index (χ1) is 14.5. The summed E-state index contributed by atoms with van der Waals surface area (Å²) in [5, 5.41) is 11.0. The molecule has 0 saturated heterocycles. The summed E-state index contributed by atoms with van der Waals surface area (Å²) in [6.07, 6.45) is -1.06. The average molecular weight is 405 g/mol. The number of para-hydroxylation sites is 2. The van der Waals surface area contributed by atoms with Crippen molar-refractivity contribution in [2.24, 2.45) is 0 Å². The zero-order chi connectivity index (χ0) is 21.5. The SMILES string of the molecule is CC(Oc1ccccc1[N+](=O)[O-])C(=O)NNC(=O)c1ccc(-c2ccccc2)cc1. The lowest BCUT2D eigenvalue weighted by Gasteiger charge is -2.15. The molecule has 0 saturated carbocycles. The van der Waals surface area contributed by atoms with Gasteiger partial charge in [-0.15, -0.1) is 0 Å². The Kier molecular flexibility index (Phi) is 6.39. The van der Waals surface area contributed by atoms with E-state index in [9.17, 15) is 19.7 Å². The zero-order valence-corrected chi connectivity index (χ0v) is 16.1. The summed E-state index contributed by atoms with van der Waals surface area (Å²) in [6, 6.07) is 22.4. The van der Waals surface area contributed by atoms with Gasteiger partial charge in [0.15, 0.2) is 11.9 Å². The van der Waals surface area contributed by atoms with Crippen molar-refractivity contribution in [3.63, 3.8) is 0 Å². The molecule has 0 bridgehead atoms. The van der Waals surface area contributed by atoms with Crippen LogP contribution in [0.15, 0.2) is 78.9 Å². The largest absolute Gasteiger partial charge is 0.474 e. The molecule has 30 heavy (non-hydrogen) atoms. The highest BCUT2D eigenvalue weighted by Gasteiger charge is 2.21. The molecule has 3 aromatic rings. The van der Waals surface area contributed by atoms with Gasteiger partial charge in [0.25, 0.3) is 11.8 Å². The van der Waals surface area contributed by atoms with Crippen LogP contribution in [-0.4, -0.2) is 22.8 Å². The van der Waals surface area contributed by atoms with E-state index in [2.05, 4.69) is 10.9 Å². The number of nitro groups is 1. The molecule has 1 unspecified atom stereocenters. The van der Waals surface area contributed by atoms with Gasteiger partial charge in [-0.2, -0.15) is 0 Å². The van der Waals surface area contributed by atoms with Gasteiger partial charge in [0.05, 0.1) is 4.92 Å². The zero-order valence-electron chi connectivity index (χ0n) is 16.1. The number of nitrogens with one attached hydrogen (secondary N) is 2. The van der Waals surface area contributed by atoms with Crippen LogP contribution in [-0.2, 0) is 4.79 Å². The third-order valence-corrected chi connectivity index (χ3v) is 4.29. The van der Waals surface area contributed by atoms with Crippen molar-refractivity contribution in [3.8, 4) is 16.9 Å². The lowest BCUT2D eigenvalue weighted by atomic mass is 10.0. The van der Waals surface area contributed by atoms with Crippen LogP contribution in [0.4, 0.5) is 5.69 Å². The minimum atomic E-state index is -1.06. The highest BCUT2D eigenvalue weighted by atomic mass is 16.6. The van der Waals surface area contributed by atoms with Gasteiger partial charge in [-0.3, -0.25) is 30.6 Å². The molecule has 2 N–H and O–H groups in total. The Hall–Kier alpha value is -4.20. The van der Waals surface area contributed by atoms with E-state index in [0.717, 1.165) is 11.1 Å². The van der Waals surface area contributed by atoms with Gasteiger partial charge in [0, 0.05) is 11.6 Å². The summed E-state index contributed by atoms with van der Waals surface area (Å²) in [5.74, 6) is -1.18. The van der Waals surface area contributed by atoms with Gasteiger partial charge in [-0.1, -0.05) is 54.6 Å². The Morgan fingerprint density at radius 3 is 2.13 bits per heavy atom. The second-order valence-electron chi connectivity index (χ2n) is 6.37. The summed E-state index contributed by atoms with van der Waals surface area (Å²) >= 11 is 0. The van der Waals surface area contributed by atoms with Crippen molar-refractivity contribution < 1.29 is 19.2 Å². The minimum absolute atomic E-state index is 0.0343. The number of benzene rings is 3. The first-order valence-electron chi connectivity index (χ1n) is 9.11. The van der Waals surface area contributed by atoms with Crippen LogP contribution in [0.2, 0.25) is 0 Å². The molecule has 0 fully saturated rings. The third-order valence-electron chi connectivity index (χ3n) is 4.29. The van der Waals surface area contributed by atoms with E-state index in [4.69, 9.17) is 4.74 Å². The highest BCUT2D eigenvalue weighted by molar-refractivity contribution is 5.96. The second kappa shape index (κ2) is 9.33. The van der Waals surface area contributed by atoms with Gasteiger partial charge >= 0.3 is 5.69 Å². The number of rotatable bonds is 6. The first-order valence-corrected chi connectivity index (χ1v) is 9.11. The summed E-state index contributed by atoms with van der Waals surface area (Å²) in [5.41, 5.74) is 6.67. The normalized spacial score (nSPS) is 11.2.